The standard InChI is InChI=1S/Cs.3H3N.H3O4P.H/c;;;;1-5(2,3)4;/h;3*1H3;(H3,1,2,3,4);. The second-order valence-corrected chi connectivity index (χ2v) is 1.54. The maximum atomic E-state index is 8.88. The Labute approximate surface area is 112 Å². The van der Waals surface area contributed by atoms with E-state index in [0.717, 1.165) is 0 Å². The molecule has 0 radical (unpaired) electrons. The molecule has 0 rings (SSSR count). The molecular formula is H13CsN3O4P. The third kappa shape index (κ3) is 156. The van der Waals surface area contributed by atoms with E-state index in [-0.39, 0.29) is 87.3 Å². The summed E-state index contributed by atoms with van der Waals surface area (Å²) >= 11 is 0. The summed E-state index contributed by atoms with van der Waals surface area (Å²) in [4.78, 5) is 21.6. The van der Waals surface area contributed by atoms with Gasteiger partial charge in [-0.05, 0) is 0 Å². The van der Waals surface area contributed by atoms with Gasteiger partial charge in [-0.1, -0.05) is 0 Å². The fourth-order valence-electron chi connectivity index (χ4n) is 0. The van der Waals surface area contributed by atoms with Gasteiger partial charge in [-0.2, -0.15) is 0 Å². The quantitative estimate of drug-likeness (QED) is 0.305. The van der Waals surface area contributed by atoms with Crippen LogP contribution in [0, 0.1) is 0 Å². The molecule has 0 saturated carbocycles. The molecular weight excluding hydrogens is 270 g/mol. The molecule has 0 aliphatic carbocycles. The molecule has 9 heteroatoms. The fraction of sp³-hybridized carbons (Fsp3) is 0. The van der Waals surface area contributed by atoms with E-state index in [4.69, 9.17) is 19.2 Å². The third-order valence-corrected chi connectivity index (χ3v) is 0. The molecule has 0 spiro atoms. The van der Waals surface area contributed by atoms with Crippen molar-refractivity contribution < 1.29 is 19.2 Å². The van der Waals surface area contributed by atoms with Crippen molar-refractivity contribution in [3.63, 3.8) is 0 Å². The minimum absolute atomic E-state index is 0. The van der Waals surface area contributed by atoms with Gasteiger partial charge in [-0.25, -0.2) is 4.57 Å². The number of hydrogen-bond acceptors (Lipinski definition) is 4. The van der Waals surface area contributed by atoms with Crippen LogP contribution >= 0.6 is 7.82 Å². The van der Waals surface area contributed by atoms with Gasteiger partial charge in [0, 0.05) is 0 Å². The summed E-state index contributed by atoms with van der Waals surface area (Å²) in [7, 11) is -4.64. The van der Waals surface area contributed by atoms with E-state index in [1.165, 1.54) is 0 Å². The van der Waals surface area contributed by atoms with Crippen molar-refractivity contribution in [2.45, 2.75) is 0 Å². The van der Waals surface area contributed by atoms with E-state index >= 15 is 0 Å². The summed E-state index contributed by atoms with van der Waals surface area (Å²) in [6.45, 7) is 0. The summed E-state index contributed by atoms with van der Waals surface area (Å²) in [5, 5.41) is 0. The number of rotatable bonds is 0. The summed E-state index contributed by atoms with van der Waals surface area (Å²) in [5.74, 6) is 0. The molecule has 0 aromatic carbocycles. The maximum absolute atomic E-state index is 8.88. The molecule has 0 atom stereocenters. The molecule has 0 saturated heterocycles. The van der Waals surface area contributed by atoms with Crippen LogP contribution in [-0.4, -0.2) is 83.6 Å². The molecule has 0 aliphatic rings. The van der Waals surface area contributed by atoms with Crippen molar-refractivity contribution in [3.05, 3.63) is 0 Å². The molecule has 0 aromatic rings. The molecule has 58 valence electrons. The van der Waals surface area contributed by atoms with Gasteiger partial charge in [0.2, 0.25) is 0 Å². The van der Waals surface area contributed by atoms with Crippen molar-refractivity contribution in [3.8, 4) is 0 Å². The van der Waals surface area contributed by atoms with Gasteiger partial charge in [0.15, 0.2) is 0 Å². The third-order valence-electron chi connectivity index (χ3n) is 0. The van der Waals surface area contributed by atoms with Crippen LogP contribution in [0.25, 0.3) is 0 Å². The Bertz CT molecular complexity index is 61.9. The fourth-order valence-corrected chi connectivity index (χ4v) is 0. The average Bonchev–Trinajstić information content (AvgIpc) is 0.722. The average molecular weight is 283 g/mol. The SMILES string of the molecule is N.N.N.O=P(O)(O)O.[CsH]. The van der Waals surface area contributed by atoms with Gasteiger partial charge in [0.25, 0.3) is 0 Å². The monoisotopic (exact) mass is 283 g/mol. The van der Waals surface area contributed by atoms with Crippen molar-refractivity contribution in [1.82, 2.24) is 18.5 Å². The number of phosphoric acid groups is 1. The van der Waals surface area contributed by atoms with E-state index in [2.05, 4.69) is 0 Å². The van der Waals surface area contributed by atoms with Crippen LogP contribution in [0.5, 0.6) is 0 Å². The zero-order chi connectivity index (χ0) is 4.50. The topological polar surface area (TPSA) is 183 Å². The van der Waals surface area contributed by atoms with Crippen molar-refractivity contribution in [2.24, 2.45) is 0 Å². The first kappa shape index (κ1) is 30.5. The molecule has 0 fully saturated rings. The second kappa shape index (κ2) is 12.7. The van der Waals surface area contributed by atoms with Crippen molar-refractivity contribution in [2.75, 3.05) is 0 Å². The van der Waals surface area contributed by atoms with Gasteiger partial charge in [-0.15, -0.1) is 0 Å². The Hall–Kier alpha value is 2.04. The van der Waals surface area contributed by atoms with Crippen LogP contribution in [0.4, 0.5) is 0 Å². The van der Waals surface area contributed by atoms with Gasteiger partial charge in [-0.3, -0.25) is 0 Å². The molecule has 0 unspecified atom stereocenters. The first-order valence-corrected chi connectivity index (χ1v) is 2.35. The van der Waals surface area contributed by atoms with E-state index in [9.17, 15) is 0 Å². The molecule has 0 amide bonds. The summed E-state index contributed by atoms with van der Waals surface area (Å²) < 4.78 is 8.88. The Morgan fingerprint density at radius 1 is 0.889 bits per heavy atom. The van der Waals surface area contributed by atoms with Crippen LogP contribution in [0.3, 0.4) is 0 Å². The molecule has 0 heterocycles. The van der Waals surface area contributed by atoms with E-state index in [0.29, 0.717) is 0 Å². The van der Waals surface area contributed by atoms with Crippen LogP contribution in [-0.2, 0) is 4.57 Å². The predicted molar refractivity (Wildman–Crippen MR) is 36.5 cm³/mol. The van der Waals surface area contributed by atoms with Gasteiger partial charge >= 0.3 is 76.7 Å². The van der Waals surface area contributed by atoms with Gasteiger partial charge in [0.1, 0.15) is 0 Å². The van der Waals surface area contributed by atoms with Crippen LogP contribution in [0.15, 0.2) is 0 Å². The molecule has 7 nitrogen and oxygen atoms in total. The van der Waals surface area contributed by atoms with Gasteiger partial charge in [0.05, 0.1) is 0 Å². The summed E-state index contributed by atoms with van der Waals surface area (Å²) in [6, 6.07) is 0. The van der Waals surface area contributed by atoms with E-state index in [1.54, 1.807) is 0 Å². The second-order valence-electron chi connectivity index (χ2n) is 0.513. The Morgan fingerprint density at radius 2 is 0.889 bits per heavy atom. The number of hydrogen-bond donors (Lipinski definition) is 6. The minimum atomic E-state index is -4.64. The van der Waals surface area contributed by atoms with Crippen molar-refractivity contribution >= 4 is 76.7 Å². The molecule has 0 aromatic heterocycles. The first-order chi connectivity index (χ1) is 2.00. The molecule has 0 bridgehead atoms. The summed E-state index contributed by atoms with van der Waals surface area (Å²) in [5.41, 5.74) is 0. The predicted octanol–water partition coefficient (Wildman–Crippen LogP) is -1.09. The first-order valence-electron chi connectivity index (χ1n) is 0.783. The Balaban J connectivity index is -0.0000000133. The normalized spacial score (nSPS) is 6.56. The van der Waals surface area contributed by atoms with Crippen LogP contribution in [0.2, 0.25) is 0 Å². The van der Waals surface area contributed by atoms with Crippen molar-refractivity contribution in [1.29, 1.82) is 0 Å². The van der Waals surface area contributed by atoms with E-state index < -0.39 is 7.82 Å². The molecule has 0 aliphatic heterocycles. The summed E-state index contributed by atoms with van der Waals surface area (Å²) in [6.07, 6.45) is 0. The zero-order valence-corrected chi connectivity index (χ0v) is 5.21. The molecule has 9 heavy (non-hydrogen) atoms. The Kier molecular flexibility index (Phi) is 43.0. The van der Waals surface area contributed by atoms with E-state index in [1.807, 2.05) is 0 Å². The van der Waals surface area contributed by atoms with Crippen LogP contribution in [0.1, 0.15) is 0 Å². The van der Waals surface area contributed by atoms with Crippen LogP contribution < -0.4 is 18.5 Å². The zero-order valence-electron chi connectivity index (χ0n) is 4.32. The molecule has 12 N–H and O–H groups in total. The Morgan fingerprint density at radius 3 is 0.889 bits per heavy atom. The van der Waals surface area contributed by atoms with Gasteiger partial charge < -0.3 is 33.1 Å².